The quantitative estimate of drug-likeness (QED) is 0.665. The summed E-state index contributed by atoms with van der Waals surface area (Å²) in [6.45, 7) is 1.82. The standard InChI is InChI=1S/C13H11NO4/c1-2-8-6-7-9-4-3-5-10(14(17)18)11(9)12(8)13(15)16/h3-7H,2H2,1H3,(H,15,16). The molecule has 0 spiro atoms. The number of hydrogen-bond acceptors (Lipinski definition) is 3. The summed E-state index contributed by atoms with van der Waals surface area (Å²) >= 11 is 0. The lowest BCUT2D eigenvalue weighted by atomic mass is 9.96. The van der Waals surface area contributed by atoms with Crippen molar-refractivity contribution in [3.63, 3.8) is 0 Å². The molecule has 0 heterocycles. The molecule has 0 saturated carbocycles. The largest absolute Gasteiger partial charge is 0.478 e. The highest BCUT2D eigenvalue weighted by Gasteiger charge is 2.21. The normalized spacial score (nSPS) is 10.5. The molecule has 0 bridgehead atoms. The van der Waals surface area contributed by atoms with Gasteiger partial charge in [0.2, 0.25) is 0 Å². The number of carbonyl (C=O) groups is 1. The molecule has 5 heteroatoms. The van der Waals surface area contributed by atoms with Gasteiger partial charge in [-0.1, -0.05) is 31.2 Å². The molecule has 0 fully saturated rings. The second-order valence-corrected chi connectivity index (χ2v) is 3.89. The summed E-state index contributed by atoms with van der Waals surface area (Å²) in [5.74, 6) is -1.13. The summed E-state index contributed by atoms with van der Waals surface area (Å²) in [5, 5.41) is 21.1. The maximum atomic E-state index is 11.3. The number of rotatable bonds is 3. The first-order valence-electron chi connectivity index (χ1n) is 5.48. The SMILES string of the molecule is CCc1ccc2cccc([N+](=O)[O-])c2c1C(=O)O. The number of nitro benzene ring substituents is 1. The third-order valence-electron chi connectivity index (χ3n) is 2.90. The van der Waals surface area contributed by atoms with Gasteiger partial charge in [0, 0.05) is 6.07 Å². The zero-order valence-corrected chi connectivity index (χ0v) is 9.71. The Morgan fingerprint density at radius 2 is 2.06 bits per heavy atom. The number of hydrogen-bond donors (Lipinski definition) is 1. The van der Waals surface area contributed by atoms with E-state index in [2.05, 4.69) is 0 Å². The number of nitrogens with zero attached hydrogens (tertiary/aromatic N) is 1. The predicted octanol–water partition coefficient (Wildman–Crippen LogP) is 3.01. The van der Waals surface area contributed by atoms with Crippen LogP contribution in [0.25, 0.3) is 10.8 Å². The first-order valence-corrected chi connectivity index (χ1v) is 5.48. The zero-order valence-electron chi connectivity index (χ0n) is 9.71. The van der Waals surface area contributed by atoms with Gasteiger partial charge in [0.15, 0.2) is 0 Å². The lowest BCUT2D eigenvalue weighted by molar-refractivity contribution is -0.383. The number of nitro groups is 1. The molecule has 18 heavy (non-hydrogen) atoms. The molecule has 0 saturated heterocycles. The van der Waals surface area contributed by atoms with Gasteiger partial charge >= 0.3 is 5.97 Å². The molecule has 2 aromatic carbocycles. The second-order valence-electron chi connectivity index (χ2n) is 3.89. The van der Waals surface area contributed by atoms with E-state index in [9.17, 15) is 20.0 Å². The van der Waals surface area contributed by atoms with Crippen LogP contribution in [0.2, 0.25) is 0 Å². The minimum Gasteiger partial charge on any atom is -0.478 e. The van der Waals surface area contributed by atoms with Crippen LogP contribution in [0.15, 0.2) is 30.3 Å². The number of carboxylic acid groups (broad SMARTS) is 1. The highest BCUT2D eigenvalue weighted by molar-refractivity contribution is 6.08. The molecule has 0 aromatic heterocycles. The first kappa shape index (κ1) is 12.0. The minimum absolute atomic E-state index is 0.0299. The number of aryl methyl sites for hydroxylation is 1. The van der Waals surface area contributed by atoms with E-state index < -0.39 is 10.9 Å². The predicted molar refractivity (Wildman–Crippen MR) is 66.9 cm³/mol. The Kier molecular flexibility index (Phi) is 2.97. The van der Waals surface area contributed by atoms with Crippen LogP contribution in [0.1, 0.15) is 22.8 Å². The summed E-state index contributed by atoms with van der Waals surface area (Å²) in [6.07, 6.45) is 0.517. The van der Waals surface area contributed by atoms with Crippen molar-refractivity contribution < 1.29 is 14.8 Å². The fourth-order valence-corrected chi connectivity index (χ4v) is 2.09. The first-order chi connectivity index (χ1) is 8.56. The third kappa shape index (κ3) is 1.79. The molecule has 0 amide bonds. The molecule has 0 aliphatic heterocycles. The fourth-order valence-electron chi connectivity index (χ4n) is 2.09. The number of aromatic carboxylic acids is 1. The number of non-ortho nitro benzene ring substituents is 1. The molecule has 2 aromatic rings. The summed E-state index contributed by atoms with van der Waals surface area (Å²) in [6, 6.07) is 7.98. The molecule has 0 radical (unpaired) electrons. The van der Waals surface area contributed by atoms with Crippen molar-refractivity contribution in [2.75, 3.05) is 0 Å². The lowest BCUT2D eigenvalue weighted by Crippen LogP contribution is -2.04. The van der Waals surface area contributed by atoms with E-state index in [1.54, 1.807) is 24.3 Å². The Balaban J connectivity index is 2.97. The van der Waals surface area contributed by atoms with Crippen LogP contribution in [0.4, 0.5) is 5.69 Å². The van der Waals surface area contributed by atoms with Crippen LogP contribution < -0.4 is 0 Å². The van der Waals surface area contributed by atoms with E-state index in [0.717, 1.165) is 0 Å². The summed E-state index contributed by atoms with van der Waals surface area (Å²) in [7, 11) is 0. The molecule has 1 N–H and O–H groups in total. The molecule has 0 atom stereocenters. The van der Waals surface area contributed by atoms with Crippen molar-refractivity contribution >= 4 is 22.4 Å². The average Bonchev–Trinajstić information content (AvgIpc) is 2.35. The number of carboxylic acids is 1. The van der Waals surface area contributed by atoms with Gasteiger partial charge in [0.05, 0.1) is 15.9 Å². The van der Waals surface area contributed by atoms with Crippen molar-refractivity contribution in [1.82, 2.24) is 0 Å². The minimum atomic E-state index is -1.13. The average molecular weight is 245 g/mol. The van der Waals surface area contributed by atoms with E-state index in [4.69, 9.17) is 0 Å². The van der Waals surface area contributed by atoms with Crippen molar-refractivity contribution in [2.24, 2.45) is 0 Å². The Bertz CT molecular complexity index is 649. The highest BCUT2D eigenvalue weighted by Crippen LogP contribution is 2.31. The number of fused-ring (bicyclic) bond motifs is 1. The van der Waals surface area contributed by atoms with Crippen molar-refractivity contribution in [2.45, 2.75) is 13.3 Å². The third-order valence-corrected chi connectivity index (χ3v) is 2.90. The lowest BCUT2D eigenvalue weighted by Gasteiger charge is -2.08. The smallest absolute Gasteiger partial charge is 0.336 e. The number of benzene rings is 2. The van der Waals surface area contributed by atoms with Gasteiger partial charge in [0.1, 0.15) is 0 Å². The topological polar surface area (TPSA) is 80.4 Å². The zero-order chi connectivity index (χ0) is 13.3. The Labute approximate surface area is 103 Å². The Morgan fingerprint density at radius 1 is 1.33 bits per heavy atom. The fraction of sp³-hybridized carbons (Fsp3) is 0.154. The molecule has 5 nitrogen and oxygen atoms in total. The monoisotopic (exact) mass is 245 g/mol. The van der Waals surface area contributed by atoms with Crippen molar-refractivity contribution in [1.29, 1.82) is 0 Å². The van der Waals surface area contributed by atoms with Crippen LogP contribution in [0, 0.1) is 10.1 Å². The van der Waals surface area contributed by atoms with Gasteiger partial charge in [-0.3, -0.25) is 10.1 Å². The Morgan fingerprint density at radius 3 is 2.61 bits per heavy atom. The van der Waals surface area contributed by atoms with Gasteiger partial charge in [0.25, 0.3) is 5.69 Å². The second kappa shape index (κ2) is 4.44. The molecule has 0 unspecified atom stereocenters. The van der Waals surface area contributed by atoms with Crippen LogP contribution in [-0.4, -0.2) is 16.0 Å². The molecular formula is C13H11NO4. The summed E-state index contributed by atoms with van der Waals surface area (Å²) in [4.78, 5) is 21.8. The van der Waals surface area contributed by atoms with E-state index >= 15 is 0 Å². The van der Waals surface area contributed by atoms with Crippen LogP contribution in [-0.2, 0) is 6.42 Å². The molecule has 0 aliphatic rings. The highest BCUT2D eigenvalue weighted by atomic mass is 16.6. The van der Waals surface area contributed by atoms with Gasteiger partial charge in [-0.2, -0.15) is 0 Å². The van der Waals surface area contributed by atoms with Crippen LogP contribution in [0.5, 0.6) is 0 Å². The van der Waals surface area contributed by atoms with Crippen LogP contribution in [0.3, 0.4) is 0 Å². The molecule has 0 aliphatic carbocycles. The van der Waals surface area contributed by atoms with Gasteiger partial charge in [-0.15, -0.1) is 0 Å². The van der Waals surface area contributed by atoms with E-state index in [1.807, 2.05) is 6.92 Å². The molecule has 2 rings (SSSR count). The van der Waals surface area contributed by atoms with Crippen molar-refractivity contribution in [3.8, 4) is 0 Å². The molecular weight excluding hydrogens is 234 g/mol. The Hall–Kier alpha value is -2.43. The van der Waals surface area contributed by atoms with E-state index in [1.165, 1.54) is 6.07 Å². The maximum absolute atomic E-state index is 11.3. The molecule has 92 valence electrons. The van der Waals surface area contributed by atoms with Crippen molar-refractivity contribution in [3.05, 3.63) is 51.6 Å². The van der Waals surface area contributed by atoms with Crippen LogP contribution >= 0.6 is 0 Å². The van der Waals surface area contributed by atoms with E-state index in [0.29, 0.717) is 17.4 Å². The van der Waals surface area contributed by atoms with Gasteiger partial charge < -0.3 is 5.11 Å². The van der Waals surface area contributed by atoms with E-state index in [-0.39, 0.29) is 16.6 Å². The summed E-state index contributed by atoms with van der Waals surface area (Å²) in [5.41, 5.74) is 0.465. The van der Waals surface area contributed by atoms with Gasteiger partial charge in [-0.05, 0) is 17.4 Å². The summed E-state index contributed by atoms with van der Waals surface area (Å²) < 4.78 is 0. The maximum Gasteiger partial charge on any atom is 0.336 e. The van der Waals surface area contributed by atoms with Gasteiger partial charge in [-0.25, -0.2) is 4.79 Å².